The van der Waals surface area contributed by atoms with Gasteiger partial charge in [0.1, 0.15) is 12.4 Å². The Kier molecular flexibility index (Phi) is 3.53. The molecule has 0 aliphatic rings. The third-order valence-electron chi connectivity index (χ3n) is 1.67. The number of alkyl halides is 1. The lowest BCUT2D eigenvalue weighted by molar-refractivity contribution is 0.413. The van der Waals surface area contributed by atoms with Gasteiger partial charge in [-0.15, -0.1) is 0 Å². The van der Waals surface area contributed by atoms with Gasteiger partial charge in [-0.2, -0.15) is 0 Å². The minimum Gasteiger partial charge on any atom is -0.506 e. The zero-order chi connectivity index (χ0) is 10.0. The Balaban J connectivity index is 3.18. The zero-order valence-corrected chi connectivity index (χ0v) is 8.94. The standard InChI is InChI=1S/C8H8BrClFNO/c9-7-5(10)2-1-4(8(7)13)6(12)3-11/h1-2,6,13H,3,12H2. The smallest absolute Gasteiger partial charge is 0.136 e. The van der Waals surface area contributed by atoms with Crippen LogP contribution in [0.1, 0.15) is 11.6 Å². The molecule has 1 atom stereocenters. The van der Waals surface area contributed by atoms with E-state index in [4.69, 9.17) is 17.3 Å². The Morgan fingerprint density at radius 1 is 1.62 bits per heavy atom. The lowest BCUT2D eigenvalue weighted by Crippen LogP contribution is -2.12. The van der Waals surface area contributed by atoms with Crippen LogP contribution in [0.5, 0.6) is 5.75 Å². The fourth-order valence-electron chi connectivity index (χ4n) is 0.937. The molecule has 1 unspecified atom stereocenters. The maximum Gasteiger partial charge on any atom is 0.136 e. The molecule has 0 saturated carbocycles. The van der Waals surface area contributed by atoms with Crippen molar-refractivity contribution >= 4 is 27.5 Å². The third-order valence-corrected chi connectivity index (χ3v) is 3.01. The highest BCUT2D eigenvalue weighted by Crippen LogP contribution is 2.36. The van der Waals surface area contributed by atoms with Gasteiger partial charge >= 0.3 is 0 Å². The minimum atomic E-state index is -0.812. The second kappa shape index (κ2) is 4.26. The molecular formula is C8H8BrClFNO. The number of halogens is 3. The zero-order valence-electron chi connectivity index (χ0n) is 6.60. The largest absolute Gasteiger partial charge is 0.506 e. The second-order valence-corrected chi connectivity index (χ2v) is 3.76. The van der Waals surface area contributed by atoms with Crippen molar-refractivity contribution in [2.75, 3.05) is 6.67 Å². The van der Waals surface area contributed by atoms with Crippen molar-refractivity contribution in [3.8, 4) is 5.75 Å². The fraction of sp³-hybridized carbons (Fsp3) is 0.250. The monoisotopic (exact) mass is 267 g/mol. The summed E-state index contributed by atoms with van der Waals surface area (Å²) >= 11 is 8.76. The number of hydrogen-bond acceptors (Lipinski definition) is 2. The summed E-state index contributed by atoms with van der Waals surface area (Å²) in [7, 11) is 0. The molecular weight excluding hydrogens is 260 g/mol. The molecule has 0 amide bonds. The maximum atomic E-state index is 12.2. The number of rotatable bonds is 2. The SMILES string of the molecule is NC(CF)c1ccc(Cl)c(Br)c1O. The molecule has 3 N–H and O–H groups in total. The number of benzene rings is 1. The van der Waals surface area contributed by atoms with Crippen LogP contribution in [0.3, 0.4) is 0 Å². The molecule has 0 heterocycles. The summed E-state index contributed by atoms with van der Waals surface area (Å²) in [6.07, 6.45) is 0. The Bertz CT molecular complexity index is 321. The number of phenols is 1. The van der Waals surface area contributed by atoms with Gasteiger partial charge in [0.15, 0.2) is 0 Å². The minimum absolute atomic E-state index is 0.0994. The summed E-state index contributed by atoms with van der Waals surface area (Å²) in [6, 6.07) is 2.25. The molecule has 72 valence electrons. The Labute approximate surface area is 88.6 Å². The Morgan fingerprint density at radius 3 is 2.77 bits per heavy atom. The first kappa shape index (κ1) is 10.8. The van der Waals surface area contributed by atoms with Crippen LogP contribution in [0.4, 0.5) is 4.39 Å². The van der Waals surface area contributed by atoms with Crippen LogP contribution in [0.2, 0.25) is 5.02 Å². The molecule has 1 aromatic rings. The average molecular weight is 269 g/mol. The molecule has 0 radical (unpaired) electrons. The first-order valence-electron chi connectivity index (χ1n) is 3.56. The van der Waals surface area contributed by atoms with E-state index in [1.54, 1.807) is 6.07 Å². The lowest BCUT2D eigenvalue weighted by Gasteiger charge is -2.11. The van der Waals surface area contributed by atoms with Crippen LogP contribution >= 0.6 is 27.5 Å². The number of aromatic hydroxyl groups is 1. The highest BCUT2D eigenvalue weighted by Gasteiger charge is 2.14. The number of phenolic OH excluding ortho intramolecular Hbond substituents is 1. The van der Waals surface area contributed by atoms with E-state index in [1.165, 1.54) is 6.07 Å². The van der Waals surface area contributed by atoms with E-state index in [-0.39, 0.29) is 5.75 Å². The van der Waals surface area contributed by atoms with Crippen molar-refractivity contribution in [1.82, 2.24) is 0 Å². The highest BCUT2D eigenvalue weighted by molar-refractivity contribution is 9.10. The number of nitrogens with two attached hydrogens (primary N) is 1. The van der Waals surface area contributed by atoms with Gasteiger partial charge in [0.25, 0.3) is 0 Å². The summed E-state index contributed by atoms with van der Waals surface area (Å²) in [5.74, 6) is -0.0994. The predicted molar refractivity (Wildman–Crippen MR) is 53.7 cm³/mol. The van der Waals surface area contributed by atoms with Crippen molar-refractivity contribution in [3.63, 3.8) is 0 Å². The van der Waals surface area contributed by atoms with Gasteiger partial charge in [-0.3, -0.25) is 0 Å². The summed E-state index contributed by atoms with van der Waals surface area (Å²) in [6.45, 7) is -0.721. The van der Waals surface area contributed by atoms with Crippen LogP contribution in [0, 0.1) is 0 Å². The van der Waals surface area contributed by atoms with E-state index < -0.39 is 12.7 Å². The van der Waals surface area contributed by atoms with E-state index in [2.05, 4.69) is 15.9 Å². The van der Waals surface area contributed by atoms with Gasteiger partial charge in [-0.1, -0.05) is 17.7 Å². The van der Waals surface area contributed by atoms with E-state index >= 15 is 0 Å². The summed E-state index contributed by atoms with van der Waals surface area (Å²) < 4.78 is 12.5. The molecule has 0 spiro atoms. The van der Waals surface area contributed by atoms with Gasteiger partial charge < -0.3 is 10.8 Å². The molecule has 5 heteroatoms. The van der Waals surface area contributed by atoms with Gasteiger partial charge in [0.05, 0.1) is 15.5 Å². The third kappa shape index (κ3) is 2.13. The van der Waals surface area contributed by atoms with Gasteiger partial charge in [-0.25, -0.2) is 4.39 Å². The van der Waals surface area contributed by atoms with Crippen LogP contribution in [0.25, 0.3) is 0 Å². The van der Waals surface area contributed by atoms with Crippen LogP contribution in [0.15, 0.2) is 16.6 Å². The maximum absolute atomic E-state index is 12.2. The first-order valence-corrected chi connectivity index (χ1v) is 4.73. The Hall–Kier alpha value is -0.320. The Morgan fingerprint density at radius 2 is 2.23 bits per heavy atom. The first-order chi connectivity index (χ1) is 6.07. The molecule has 0 fully saturated rings. The quantitative estimate of drug-likeness (QED) is 0.866. The molecule has 2 nitrogen and oxygen atoms in total. The molecule has 0 aromatic heterocycles. The molecule has 0 saturated heterocycles. The van der Waals surface area contributed by atoms with Crippen molar-refractivity contribution in [2.24, 2.45) is 5.73 Å². The van der Waals surface area contributed by atoms with E-state index in [1.807, 2.05) is 0 Å². The van der Waals surface area contributed by atoms with Crippen molar-refractivity contribution < 1.29 is 9.50 Å². The van der Waals surface area contributed by atoms with E-state index in [0.717, 1.165) is 0 Å². The summed E-state index contributed by atoms with van der Waals surface area (Å²) in [4.78, 5) is 0. The van der Waals surface area contributed by atoms with Crippen LogP contribution in [-0.2, 0) is 0 Å². The van der Waals surface area contributed by atoms with Gasteiger partial charge in [-0.05, 0) is 22.0 Å². The number of hydrogen-bond donors (Lipinski definition) is 2. The molecule has 0 bridgehead atoms. The predicted octanol–water partition coefficient (Wildman–Crippen LogP) is 2.78. The van der Waals surface area contributed by atoms with Crippen molar-refractivity contribution in [2.45, 2.75) is 6.04 Å². The fourth-order valence-corrected chi connectivity index (χ4v) is 1.45. The van der Waals surface area contributed by atoms with Crippen molar-refractivity contribution in [1.29, 1.82) is 0 Å². The molecule has 0 aliphatic carbocycles. The molecule has 1 aromatic carbocycles. The highest BCUT2D eigenvalue weighted by atomic mass is 79.9. The van der Waals surface area contributed by atoms with Gasteiger partial charge in [0.2, 0.25) is 0 Å². The van der Waals surface area contributed by atoms with Gasteiger partial charge in [0, 0.05) is 5.56 Å². The summed E-state index contributed by atoms with van der Waals surface area (Å²) in [5, 5.41) is 9.87. The van der Waals surface area contributed by atoms with E-state index in [0.29, 0.717) is 15.1 Å². The second-order valence-electron chi connectivity index (χ2n) is 2.56. The molecule has 13 heavy (non-hydrogen) atoms. The molecule has 1 rings (SSSR count). The van der Waals surface area contributed by atoms with Crippen LogP contribution in [-0.4, -0.2) is 11.8 Å². The summed E-state index contributed by atoms with van der Waals surface area (Å²) in [5.41, 5.74) is 5.76. The molecule has 0 aliphatic heterocycles. The average Bonchev–Trinajstić information content (AvgIpc) is 2.13. The van der Waals surface area contributed by atoms with E-state index in [9.17, 15) is 9.50 Å². The van der Waals surface area contributed by atoms with Crippen LogP contribution < -0.4 is 5.73 Å². The normalized spacial score (nSPS) is 12.9. The van der Waals surface area contributed by atoms with Crippen molar-refractivity contribution in [3.05, 3.63) is 27.2 Å². The lowest BCUT2D eigenvalue weighted by atomic mass is 10.1. The topological polar surface area (TPSA) is 46.2 Å².